The Hall–Kier alpha value is -1.62. The molecule has 1 aliphatic rings. The van der Waals surface area contributed by atoms with Gasteiger partial charge in [0.25, 0.3) is 0 Å². The summed E-state index contributed by atoms with van der Waals surface area (Å²) >= 11 is 5.75. The smallest absolute Gasteiger partial charge is 0.225 e. The van der Waals surface area contributed by atoms with Crippen LogP contribution in [-0.4, -0.2) is 18.4 Å². The van der Waals surface area contributed by atoms with Gasteiger partial charge in [0.05, 0.1) is 12.0 Å². The van der Waals surface area contributed by atoms with Crippen molar-refractivity contribution in [3.05, 3.63) is 34.6 Å². The standard InChI is InChI=1S/C15H18ClFN2O2/c1-8(2)14(11-4-3-10(16)6-12(11)17)19-15(21)9-5-13(20)18-7-9/h3-4,6,8-9,14H,5,7H2,1-2H3,(H,18,20)(H,19,21). The molecule has 0 aromatic heterocycles. The van der Waals surface area contributed by atoms with Gasteiger partial charge in [-0.1, -0.05) is 31.5 Å². The molecule has 1 aliphatic heterocycles. The molecule has 6 heteroatoms. The Morgan fingerprint density at radius 1 is 1.48 bits per heavy atom. The molecule has 4 nitrogen and oxygen atoms in total. The Bertz CT molecular complexity index is 563. The highest BCUT2D eigenvalue weighted by Gasteiger charge is 2.30. The van der Waals surface area contributed by atoms with Crippen LogP contribution in [0.15, 0.2) is 18.2 Å². The van der Waals surface area contributed by atoms with Crippen LogP contribution < -0.4 is 10.6 Å². The highest BCUT2D eigenvalue weighted by atomic mass is 35.5. The summed E-state index contributed by atoms with van der Waals surface area (Å²) in [6.07, 6.45) is 0.180. The molecule has 0 radical (unpaired) electrons. The van der Waals surface area contributed by atoms with Crippen molar-refractivity contribution in [2.75, 3.05) is 6.54 Å². The predicted octanol–water partition coefficient (Wildman–Crippen LogP) is 2.43. The van der Waals surface area contributed by atoms with Gasteiger partial charge in [-0.05, 0) is 18.1 Å². The van der Waals surface area contributed by atoms with Gasteiger partial charge in [-0.3, -0.25) is 9.59 Å². The van der Waals surface area contributed by atoms with Gasteiger partial charge in [-0.2, -0.15) is 0 Å². The van der Waals surface area contributed by atoms with E-state index in [0.717, 1.165) is 0 Å². The fourth-order valence-corrected chi connectivity index (χ4v) is 2.58. The molecule has 2 atom stereocenters. The maximum Gasteiger partial charge on any atom is 0.225 e. The van der Waals surface area contributed by atoms with Crippen molar-refractivity contribution >= 4 is 23.4 Å². The number of halogens is 2. The molecule has 2 rings (SSSR count). The molecule has 0 bridgehead atoms. The third kappa shape index (κ3) is 3.73. The number of hydrogen-bond acceptors (Lipinski definition) is 2. The number of carbonyl (C=O) groups is 2. The second-order valence-electron chi connectivity index (χ2n) is 5.60. The number of amides is 2. The molecular weight excluding hydrogens is 295 g/mol. The van der Waals surface area contributed by atoms with E-state index in [1.165, 1.54) is 6.07 Å². The first-order valence-corrected chi connectivity index (χ1v) is 7.28. The minimum Gasteiger partial charge on any atom is -0.355 e. The number of nitrogens with one attached hydrogen (secondary N) is 2. The lowest BCUT2D eigenvalue weighted by Gasteiger charge is -2.24. The van der Waals surface area contributed by atoms with E-state index in [1.807, 2.05) is 13.8 Å². The van der Waals surface area contributed by atoms with Crippen LogP contribution >= 0.6 is 11.6 Å². The van der Waals surface area contributed by atoms with Gasteiger partial charge < -0.3 is 10.6 Å². The van der Waals surface area contributed by atoms with Crippen molar-refractivity contribution in [2.45, 2.75) is 26.3 Å². The van der Waals surface area contributed by atoms with Crippen molar-refractivity contribution in [2.24, 2.45) is 11.8 Å². The molecule has 1 aromatic carbocycles. The van der Waals surface area contributed by atoms with Gasteiger partial charge in [0.2, 0.25) is 11.8 Å². The highest BCUT2D eigenvalue weighted by molar-refractivity contribution is 6.30. The summed E-state index contributed by atoms with van der Waals surface area (Å²) in [5.41, 5.74) is 0.403. The second-order valence-corrected chi connectivity index (χ2v) is 6.04. The molecule has 2 unspecified atom stereocenters. The first kappa shape index (κ1) is 15.8. The van der Waals surface area contributed by atoms with E-state index in [1.54, 1.807) is 12.1 Å². The van der Waals surface area contributed by atoms with Gasteiger partial charge in [-0.15, -0.1) is 0 Å². The van der Waals surface area contributed by atoms with Crippen LogP contribution in [0.2, 0.25) is 5.02 Å². The van der Waals surface area contributed by atoms with Crippen LogP contribution in [0.25, 0.3) is 0 Å². The van der Waals surface area contributed by atoms with E-state index in [-0.39, 0.29) is 24.2 Å². The van der Waals surface area contributed by atoms with E-state index in [2.05, 4.69) is 10.6 Å². The van der Waals surface area contributed by atoms with Crippen molar-refractivity contribution in [3.8, 4) is 0 Å². The van der Waals surface area contributed by atoms with Crippen LogP contribution in [0.3, 0.4) is 0 Å². The summed E-state index contributed by atoms with van der Waals surface area (Å²) in [6, 6.07) is 3.97. The largest absolute Gasteiger partial charge is 0.355 e. The first-order valence-electron chi connectivity index (χ1n) is 6.90. The third-order valence-electron chi connectivity index (χ3n) is 3.61. The topological polar surface area (TPSA) is 58.2 Å². The molecule has 21 heavy (non-hydrogen) atoms. The van der Waals surface area contributed by atoms with Gasteiger partial charge in [0, 0.05) is 23.6 Å². The van der Waals surface area contributed by atoms with Crippen molar-refractivity contribution in [3.63, 3.8) is 0 Å². The molecule has 114 valence electrons. The zero-order valence-corrected chi connectivity index (χ0v) is 12.7. The van der Waals surface area contributed by atoms with Gasteiger partial charge in [-0.25, -0.2) is 4.39 Å². The Balaban J connectivity index is 2.16. The molecule has 1 fully saturated rings. The average molecular weight is 313 g/mol. The van der Waals surface area contributed by atoms with Gasteiger partial charge in [0.15, 0.2) is 0 Å². The molecule has 0 spiro atoms. The number of benzene rings is 1. The zero-order valence-electron chi connectivity index (χ0n) is 12.0. The lowest BCUT2D eigenvalue weighted by atomic mass is 9.94. The van der Waals surface area contributed by atoms with Crippen LogP contribution in [0.1, 0.15) is 31.9 Å². The number of carbonyl (C=O) groups excluding carboxylic acids is 2. The van der Waals surface area contributed by atoms with E-state index < -0.39 is 17.8 Å². The molecule has 1 saturated heterocycles. The Labute approximate surface area is 128 Å². The average Bonchev–Trinajstić information content (AvgIpc) is 2.83. The third-order valence-corrected chi connectivity index (χ3v) is 3.85. The fraction of sp³-hybridized carbons (Fsp3) is 0.467. The van der Waals surface area contributed by atoms with E-state index in [9.17, 15) is 14.0 Å². The minimum atomic E-state index is -0.453. The molecule has 1 aromatic rings. The fourth-order valence-electron chi connectivity index (χ4n) is 2.42. The molecule has 0 saturated carbocycles. The van der Waals surface area contributed by atoms with E-state index in [4.69, 9.17) is 11.6 Å². The molecule has 2 amide bonds. The molecule has 1 heterocycles. The lowest BCUT2D eigenvalue weighted by Crippen LogP contribution is -2.37. The van der Waals surface area contributed by atoms with Crippen LogP contribution in [0.4, 0.5) is 4.39 Å². The van der Waals surface area contributed by atoms with Crippen molar-refractivity contribution < 1.29 is 14.0 Å². The summed E-state index contributed by atoms with van der Waals surface area (Å²) < 4.78 is 14.0. The molecule has 2 N–H and O–H groups in total. The molecular formula is C15H18ClFN2O2. The lowest BCUT2D eigenvalue weighted by molar-refractivity contribution is -0.127. The molecule has 0 aliphatic carbocycles. The SMILES string of the molecule is CC(C)C(NC(=O)C1CNC(=O)C1)c1ccc(Cl)cc1F. The predicted molar refractivity (Wildman–Crippen MR) is 78.2 cm³/mol. The summed E-state index contributed by atoms with van der Waals surface area (Å²) in [4.78, 5) is 23.4. The number of hydrogen-bond donors (Lipinski definition) is 2. The van der Waals surface area contributed by atoms with Crippen molar-refractivity contribution in [1.82, 2.24) is 10.6 Å². The zero-order chi connectivity index (χ0) is 15.6. The van der Waals surface area contributed by atoms with Gasteiger partial charge >= 0.3 is 0 Å². The maximum atomic E-state index is 14.0. The summed E-state index contributed by atoms with van der Waals surface area (Å²) in [5.74, 6) is -1.19. The maximum absolute atomic E-state index is 14.0. The summed E-state index contributed by atoms with van der Waals surface area (Å²) in [5, 5.41) is 5.78. The van der Waals surface area contributed by atoms with Gasteiger partial charge in [0.1, 0.15) is 5.82 Å². The minimum absolute atomic E-state index is 0.00897. The highest BCUT2D eigenvalue weighted by Crippen LogP contribution is 2.27. The quantitative estimate of drug-likeness (QED) is 0.897. The summed E-state index contributed by atoms with van der Waals surface area (Å²) in [6.45, 7) is 4.13. The van der Waals surface area contributed by atoms with E-state index >= 15 is 0 Å². The Morgan fingerprint density at radius 3 is 2.71 bits per heavy atom. The van der Waals surface area contributed by atoms with Crippen LogP contribution in [0.5, 0.6) is 0 Å². The summed E-state index contributed by atoms with van der Waals surface area (Å²) in [7, 11) is 0. The normalized spacial score (nSPS) is 19.5. The second kappa shape index (κ2) is 6.43. The first-order chi connectivity index (χ1) is 9.88. The monoisotopic (exact) mass is 312 g/mol. The van der Waals surface area contributed by atoms with Crippen LogP contribution in [0, 0.1) is 17.7 Å². The van der Waals surface area contributed by atoms with E-state index in [0.29, 0.717) is 17.1 Å². The number of rotatable bonds is 4. The Morgan fingerprint density at radius 2 is 2.19 bits per heavy atom. The van der Waals surface area contributed by atoms with Crippen LogP contribution in [-0.2, 0) is 9.59 Å². The Kier molecular flexibility index (Phi) is 4.83. The van der Waals surface area contributed by atoms with Crippen molar-refractivity contribution in [1.29, 1.82) is 0 Å².